The maximum atomic E-state index is 5.52. The van der Waals surface area contributed by atoms with E-state index in [2.05, 4.69) is 31.1 Å². The molecule has 2 heterocycles. The Kier molecular flexibility index (Phi) is 2.60. The fraction of sp³-hybridized carbons (Fsp3) is 0.111. The van der Waals surface area contributed by atoms with Crippen molar-refractivity contribution in [2.45, 2.75) is 6.54 Å². The van der Waals surface area contributed by atoms with Gasteiger partial charge in [0.25, 0.3) is 0 Å². The van der Waals surface area contributed by atoms with Crippen LogP contribution in [-0.4, -0.2) is 15.2 Å². The predicted octanol–water partition coefficient (Wildman–Crippen LogP) is 1.69. The van der Waals surface area contributed by atoms with Crippen LogP contribution in [0.3, 0.4) is 0 Å². The number of aromatic amines is 1. The zero-order chi connectivity index (χ0) is 9.97. The Morgan fingerprint density at radius 1 is 1.43 bits per heavy atom. The molecule has 2 aromatic heterocycles. The molecule has 2 aromatic rings. The van der Waals surface area contributed by atoms with Gasteiger partial charge in [-0.2, -0.15) is 5.10 Å². The van der Waals surface area contributed by atoms with E-state index in [4.69, 9.17) is 5.73 Å². The summed E-state index contributed by atoms with van der Waals surface area (Å²) in [6.07, 6.45) is 1.73. The number of nitrogens with two attached hydrogens (primary N) is 1. The summed E-state index contributed by atoms with van der Waals surface area (Å²) in [6.45, 7) is 0.431. The summed E-state index contributed by atoms with van der Waals surface area (Å²) in [5.74, 6) is 0. The van der Waals surface area contributed by atoms with Crippen LogP contribution < -0.4 is 5.73 Å². The molecule has 72 valence electrons. The van der Waals surface area contributed by atoms with Crippen LogP contribution in [0.25, 0.3) is 11.4 Å². The van der Waals surface area contributed by atoms with E-state index in [9.17, 15) is 0 Å². The van der Waals surface area contributed by atoms with Gasteiger partial charge in [-0.05, 0) is 28.1 Å². The average Bonchev–Trinajstić information content (AvgIpc) is 2.61. The summed E-state index contributed by atoms with van der Waals surface area (Å²) in [6, 6.07) is 5.70. The summed E-state index contributed by atoms with van der Waals surface area (Å²) >= 11 is 3.43. The van der Waals surface area contributed by atoms with Crippen molar-refractivity contribution in [2.75, 3.05) is 0 Å². The highest BCUT2D eigenvalue weighted by molar-refractivity contribution is 9.10. The molecular formula is C9H9BrN4. The third kappa shape index (κ3) is 1.56. The zero-order valence-corrected chi connectivity index (χ0v) is 8.95. The van der Waals surface area contributed by atoms with Crippen molar-refractivity contribution in [3.05, 3.63) is 34.6 Å². The van der Waals surface area contributed by atoms with Crippen LogP contribution in [0.5, 0.6) is 0 Å². The van der Waals surface area contributed by atoms with Gasteiger partial charge in [-0.1, -0.05) is 6.07 Å². The zero-order valence-electron chi connectivity index (χ0n) is 7.37. The largest absolute Gasteiger partial charge is 0.325 e. The van der Waals surface area contributed by atoms with Crippen LogP contribution in [-0.2, 0) is 6.54 Å². The van der Waals surface area contributed by atoms with Crippen LogP contribution >= 0.6 is 15.9 Å². The quantitative estimate of drug-likeness (QED) is 0.855. The number of H-pyrrole nitrogens is 1. The lowest BCUT2D eigenvalue weighted by Crippen LogP contribution is -1.96. The molecule has 0 saturated carbocycles. The Hall–Kier alpha value is -1.20. The van der Waals surface area contributed by atoms with Gasteiger partial charge in [-0.25, -0.2) is 0 Å². The summed E-state index contributed by atoms with van der Waals surface area (Å²) < 4.78 is 0.888. The van der Waals surface area contributed by atoms with Crippen molar-refractivity contribution in [1.82, 2.24) is 15.2 Å². The maximum Gasteiger partial charge on any atom is 0.125 e. The van der Waals surface area contributed by atoms with E-state index in [1.54, 1.807) is 6.20 Å². The predicted molar refractivity (Wildman–Crippen MR) is 57.4 cm³/mol. The molecule has 14 heavy (non-hydrogen) atoms. The number of aromatic nitrogens is 3. The van der Waals surface area contributed by atoms with E-state index in [1.165, 1.54) is 0 Å². The lowest BCUT2D eigenvalue weighted by molar-refractivity contribution is 0.944. The van der Waals surface area contributed by atoms with Crippen molar-refractivity contribution >= 4 is 15.9 Å². The number of hydrogen-bond donors (Lipinski definition) is 2. The first-order valence-corrected chi connectivity index (χ1v) is 4.96. The van der Waals surface area contributed by atoms with Gasteiger partial charge in [-0.3, -0.25) is 10.1 Å². The molecule has 0 aliphatic heterocycles. The first-order valence-electron chi connectivity index (χ1n) is 4.17. The smallest absolute Gasteiger partial charge is 0.125 e. The summed E-state index contributed by atoms with van der Waals surface area (Å²) in [5, 5.41) is 7.00. The molecule has 0 amide bonds. The van der Waals surface area contributed by atoms with Crippen LogP contribution in [0, 0.1) is 0 Å². The molecule has 4 nitrogen and oxygen atoms in total. The van der Waals surface area contributed by atoms with Gasteiger partial charge in [0.05, 0.1) is 15.9 Å². The van der Waals surface area contributed by atoms with Gasteiger partial charge >= 0.3 is 0 Å². The molecule has 0 aromatic carbocycles. The fourth-order valence-electron chi connectivity index (χ4n) is 1.17. The van der Waals surface area contributed by atoms with E-state index >= 15 is 0 Å². The molecule has 0 spiro atoms. The second-order valence-electron chi connectivity index (χ2n) is 2.78. The standard InChI is InChI=1S/C9H9BrN4/c10-8-7(5-11)13-14-9(8)6-3-1-2-4-12-6/h1-4H,5,11H2,(H,13,14). The highest BCUT2D eigenvalue weighted by atomic mass is 79.9. The van der Waals surface area contributed by atoms with Crippen molar-refractivity contribution in [3.63, 3.8) is 0 Å². The molecule has 0 saturated heterocycles. The first-order chi connectivity index (χ1) is 6.83. The Morgan fingerprint density at radius 2 is 2.29 bits per heavy atom. The molecular weight excluding hydrogens is 244 g/mol. The lowest BCUT2D eigenvalue weighted by Gasteiger charge is -1.95. The van der Waals surface area contributed by atoms with E-state index < -0.39 is 0 Å². The second-order valence-corrected chi connectivity index (χ2v) is 3.58. The van der Waals surface area contributed by atoms with Crippen LogP contribution in [0.2, 0.25) is 0 Å². The van der Waals surface area contributed by atoms with E-state index in [1.807, 2.05) is 18.2 Å². The van der Waals surface area contributed by atoms with Crippen LogP contribution in [0.1, 0.15) is 5.69 Å². The molecule has 0 bridgehead atoms. The normalized spacial score (nSPS) is 10.4. The third-order valence-electron chi connectivity index (χ3n) is 1.89. The van der Waals surface area contributed by atoms with E-state index in [-0.39, 0.29) is 0 Å². The first kappa shape index (κ1) is 9.36. The lowest BCUT2D eigenvalue weighted by atomic mass is 10.2. The molecule has 2 rings (SSSR count). The number of pyridine rings is 1. The molecule has 3 N–H and O–H groups in total. The van der Waals surface area contributed by atoms with Crippen molar-refractivity contribution in [3.8, 4) is 11.4 Å². The van der Waals surface area contributed by atoms with Gasteiger partial charge in [0.1, 0.15) is 5.69 Å². The molecule has 0 radical (unpaired) electrons. The minimum Gasteiger partial charge on any atom is -0.325 e. The summed E-state index contributed by atoms with van der Waals surface area (Å²) in [5.41, 5.74) is 8.03. The van der Waals surface area contributed by atoms with Crippen LogP contribution in [0.4, 0.5) is 0 Å². The molecule has 5 heteroatoms. The Balaban J connectivity index is 2.48. The maximum absolute atomic E-state index is 5.52. The van der Waals surface area contributed by atoms with Crippen molar-refractivity contribution < 1.29 is 0 Å². The number of rotatable bonds is 2. The minimum atomic E-state index is 0.431. The molecule has 0 aliphatic rings. The highest BCUT2D eigenvalue weighted by Crippen LogP contribution is 2.26. The molecule has 0 unspecified atom stereocenters. The van der Waals surface area contributed by atoms with Gasteiger partial charge in [0.2, 0.25) is 0 Å². The van der Waals surface area contributed by atoms with E-state index in [0.717, 1.165) is 21.6 Å². The average molecular weight is 253 g/mol. The number of nitrogens with one attached hydrogen (secondary N) is 1. The third-order valence-corrected chi connectivity index (χ3v) is 2.74. The van der Waals surface area contributed by atoms with Gasteiger partial charge in [0, 0.05) is 12.7 Å². The number of hydrogen-bond acceptors (Lipinski definition) is 3. The van der Waals surface area contributed by atoms with Gasteiger partial charge in [-0.15, -0.1) is 0 Å². The Morgan fingerprint density at radius 3 is 2.86 bits per heavy atom. The summed E-state index contributed by atoms with van der Waals surface area (Å²) in [7, 11) is 0. The molecule has 0 atom stereocenters. The Labute approximate surface area is 89.7 Å². The monoisotopic (exact) mass is 252 g/mol. The van der Waals surface area contributed by atoms with Crippen molar-refractivity contribution in [1.29, 1.82) is 0 Å². The Bertz CT molecular complexity index is 424. The number of halogens is 1. The topological polar surface area (TPSA) is 67.6 Å². The number of nitrogens with zero attached hydrogens (tertiary/aromatic N) is 2. The van der Waals surface area contributed by atoms with E-state index in [0.29, 0.717) is 6.54 Å². The SMILES string of the molecule is NCc1[nH]nc(-c2ccccn2)c1Br. The second kappa shape index (κ2) is 3.89. The van der Waals surface area contributed by atoms with Crippen LogP contribution in [0.15, 0.2) is 28.9 Å². The fourth-order valence-corrected chi connectivity index (χ4v) is 1.71. The highest BCUT2D eigenvalue weighted by Gasteiger charge is 2.11. The van der Waals surface area contributed by atoms with Gasteiger partial charge in [0.15, 0.2) is 0 Å². The summed E-state index contributed by atoms with van der Waals surface area (Å²) in [4.78, 5) is 4.20. The van der Waals surface area contributed by atoms with Crippen molar-refractivity contribution in [2.24, 2.45) is 5.73 Å². The molecule has 0 aliphatic carbocycles. The molecule has 0 fully saturated rings. The van der Waals surface area contributed by atoms with Gasteiger partial charge < -0.3 is 5.73 Å². The minimum absolute atomic E-state index is 0.431.